The van der Waals surface area contributed by atoms with E-state index in [2.05, 4.69) is 10.4 Å². The number of aromatic nitrogens is 2. The van der Waals surface area contributed by atoms with Crippen LogP contribution in [0.15, 0.2) is 103 Å². The van der Waals surface area contributed by atoms with Crippen molar-refractivity contribution in [2.75, 3.05) is 27.2 Å². The monoisotopic (exact) mass is 717 g/mol. The second-order valence-electron chi connectivity index (χ2n) is 13.0. The highest BCUT2D eigenvalue weighted by Gasteiger charge is 2.50. The van der Waals surface area contributed by atoms with E-state index in [9.17, 15) is 24.3 Å². The van der Waals surface area contributed by atoms with Crippen molar-refractivity contribution in [1.29, 1.82) is 0 Å². The second kappa shape index (κ2) is 15.6. The summed E-state index contributed by atoms with van der Waals surface area (Å²) in [6.45, 7) is 0.825. The van der Waals surface area contributed by atoms with Gasteiger partial charge in [0.25, 0.3) is 0 Å². The van der Waals surface area contributed by atoms with Crippen LogP contribution in [0, 0.1) is 0 Å². The second-order valence-corrected chi connectivity index (χ2v) is 13.0. The first kappa shape index (κ1) is 36.6. The van der Waals surface area contributed by atoms with Gasteiger partial charge in [-0.2, -0.15) is 5.10 Å². The number of phenols is 1. The molecule has 5 aromatic rings. The maximum Gasteiger partial charge on any atom is 0.338 e. The molecule has 0 unspecified atom stereocenters. The maximum atomic E-state index is 14.5. The van der Waals surface area contributed by atoms with Crippen LogP contribution in [-0.4, -0.2) is 98.0 Å². The zero-order valence-corrected chi connectivity index (χ0v) is 28.9. The lowest BCUT2D eigenvalue weighted by atomic mass is 9.98. The van der Waals surface area contributed by atoms with Gasteiger partial charge in [-0.1, -0.05) is 80.2 Å². The standard InChI is InChI=1S/C39H39N7O6.CH4/c1-42-25-36(48)45-34(19-26-15-17-30(47)18-16-26)37(49)43(24-35(45)46(42)39(51)40-20-27-9-4-3-5-10-27)22-28-12-8-14-33-32(28)21-41-44(33)23-29-11-6-7-13-31(29)38(50)52-2;/h3-18,21,34-35,47H,19-20,22-25H2,1-2H3,(H,40,51);1H4/t34-,35-;/m0./s1. The average molecular weight is 718 g/mol. The first-order valence-electron chi connectivity index (χ1n) is 17.0. The summed E-state index contributed by atoms with van der Waals surface area (Å²) in [4.78, 5) is 57.8. The van der Waals surface area contributed by atoms with Gasteiger partial charge in [0, 0.05) is 31.9 Å². The minimum Gasteiger partial charge on any atom is -0.508 e. The molecule has 2 aliphatic rings. The van der Waals surface area contributed by atoms with E-state index < -0.39 is 18.2 Å². The van der Waals surface area contributed by atoms with Crippen LogP contribution in [0.25, 0.3) is 10.9 Å². The molecule has 13 heteroatoms. The van der Waals surface area contributed by atoms with E-state index in [1.165, 1.54) is 12.1 Å². The van der Waals surface area contributed by atoms with Crippen LogP contribution in [0.3, 0.4) is 0 Å². The lowest BCUT2D eigenvalue weighted by Crippen LogP contribution is -2.76. The fourth-order valence-electron chi connectivity index (χ4n) is 7.12. The predicted octanol–water partition coefficient (Wildman–Crippen LogP) is 4.39. The number of piperazine rings is 1. The van der Waals surface area contributed by atoms with Gasteiger partial charge < -0.3 is 25.0 Å². The number of hydrogen-bond donors (Lipinski definition) is 2. The summed E-state index contributed by atoms with van der Waals surface area (Å²) in [5.74, 6) is -0.838. The largest absolute Gasteiger partial charge is 0.508 e. The molecule has 2 saturated heterocycles. The number of urea groups is 1. The molecule has 0 saturated carbocycles. The van der Waals surface area contributed by atoms with Crippen LogP contribution in [0.1, 0.15) is 40.0 Å². The zero-order chi connectivity index (χ0) is 36.4. The van der Waals surface area contributed by atoms with Gasteiger partial charge in [0.05, 0.1) is 44.0 Å². The van der Waals surface area contributed by atoms with Crippen molar-refractivity contribution < 1.29 is 29.0 Å². The molecule has 4 amide bonds. The van der Waals surface area contributed by atoms with Crippen molar-refractivity contribution in [2.24, 2.45) is 0 Å². The molecule has 13 nitrogen and oxygen atoms in total. The summed E-state index contributed by atoms with van der Waals surface area (Å²) >= 11 is 0. The molecule has 2 fully saturated rings. The summed E-state index contributed by atoms with van der Waals surface area (Å²) < 4.78 is 6.79. The van der Waals surface area contributed by atoms with Gasteiger partial charge in [-0.15, -0.1) is 0 Å². The Morgan fingerprint density at radius 2 is 1.60 bits per heavy atom. The Bertz CT molecular complexity index is 2120. The number of ether oxygens (including phenoxy) is 1. The first-order valence-corrected chi connectivity index (χ1v) is 17.0. The van der Waals surface area contributed by atoms with Crippen molar-refractivity contribution in [3.05, 3.63) is 131 Å². The molecule has 2 N–H and O–H groups in total. The molecular weight excluding hydrogens is 674 g/mol. The van der Waals surface area contributed by atoms with E-state index in [0.717, 1.165) is 33.2 Å². The summed E-state index contributed by atoms with van der Waals surface area (Å²) in [6.07, 6.45) is 1.17. The molecule has 1 aromatic heterocycles. The van der Waals surface area contributed by atoms with Crippen LogP contribution < -0.4 is 5.32 Å². The molecule has 2 atom stereocenters. The summed E-state index contributed by atoms with van der Waals surface area (Å²) in [5, 5.41) is 21.5. The first-order chi connectivity index (χ1) is 25.2. The Morgan fingerprint density at radius 1 is 0.887 bits per heavy atom. The molecule has 0 radical (unpaired) electrons. The molecule has 4 aromatic carbocycles. The number of aromatic hydroxyl groups is 1. The zero-order valence-electron chi connectivity index (χ0n) is 28.9. The summed E-state index contributed by atoms with van der Waals surface area (Å²) in [5.41, 5.74) is 4.56. The Labute approximate surface area is 307 Å². The smallest absolute Gasteiger partial charge is 0.338 e. The Hall–Kier alpha value is -6.21. The maximum absolute atomic E-state index is 14.5. The fourth-order valence-corrected chi connectivity index (χ4v) is 7.12. The molecule has 0 spiro atoms. The number of methoxy groups -OCH3 is 1. The van der Waals surface area contributed by atoms with E-state index in [1.54, 1.807) is 64.5 Å². The van der Waals surface area contributed by atoms with Crippen molar-refractivity contribution >= 4 is 34.7 Å². The van der Waals surface area contributed by atoms with Crippen LogP contribution >= 0.6 is 0 Å². The number of fused-ring (bicyclic) bond motifs is 2. The van der Waals surface area contributed by atoms with Gasteiger partial charge in [0.1, 0.15) is 18.0 Å². The number of benzene rings is 4. The van der Waals surface area contributed by atoms with Crippen molar-refractivity contribution in [3.63, 3.8) is 0 Å². The van der Waals surface area contributed by atoms with Gasteiger partial charge in [-0.25, -0.2) is 19.6 Å². The quantitative estimate of drug-likeness (QED) is 0.214. The number of nitrogens with one attached hydrogen (secondary N) is 1. The number of amides is 4. The number of hydrogen-bond acceptors (Lipinski definition) is 8. The Morgan fingerprint density at radius 3 is 2.36 bits per heavy atom. The van der Waals surface area contributed by atoms with Gasteiger partial charge in [-0.3, -0.25) is 14.3 Å². The Balaban J connectivity index is 0.00000481. The van der Waals surface area contributed by atoms with E-state index in [1.807, 2.05) is 65.3 Å². The highest BCUT2D eigenvalue weighted by Crippen LogP contribution is 2.30. The highest BCUT2D eigenvalue weighted by atomic mass is 16.5. The lowest BCUT2D eigenvalue weighted by Gasteiger charge is -2.54. The normalized spacial score (nSPS) is 17.4. The minimum atomic E-state index is -0.898. The minimum absolute atomic E-state index is 0. The Kier molecular flexibility index (Phi) is 10.8. The molecule has 3 heterocycles. The number of phenolic OH excluding ortho intramolecular Hbond substituents is 1. The molecule has 53 heavy (non-hydrogen) atoms. The van der Waals surface area contributed by atoms with Gasteiger partial charge in [-0.05, 0) is 46.5 Å². The number of hydrazine groups is 1. The van der Waals surface area contributed by atoms with E-state index in [0.29, 0.717) is 18.7 Å². The number of nitrogens with zero attached hydrogens (tertiary/aromatic N) is 6. The molecule has 274 valence electrons. The van der Waals surface area contributed by atoms with Crippen LogP contribution in [0.5, 0.6) is 5.75 Å². The third-order valence-electron chi connectivity index (χ3n) is 9.68. The van der Waals surface area contributed by atoms with Gasteiger partial charge >= 0.3 is 12.0 Å². The van der Waals surface area contributed by atoms with E-state index in [4.69, 9.17) is 4.74 Å². The highest BCUT2D eigenvalue weighted by molar-refractivity contribution is 5.93. The van der Waals surface area contributed by atoms with Crippen molar-refractivity contribution in [2.45, 2.75) is 45.7 Å². The number of esters is 1. The summed E-state index contributed by atoms with van der Waals surface area (Å²) in [6, 6.07) is 27.8. The number of rotatable bonds is 9. The average Bonchev–Trinajstić information content (AvgIpc) is 3.56. The fraction of sp³-hybridized carbons (Fsp3) is 0.275. The lowest BCUT2D eigenvalue weighted by molar-refractivity contribution is -0.187. The van der Waals surface area contributed by atoms with Crippen molar-refractivity contribution in [1.82, 2.24) is 34.9 Å². The number of likely N-dealkylation sites (N-methyl/N-ethyl adjacent to an activating group) is 1. The topological polar surface area (TPSA) is 141 Å². The molecule has 0 bridgehead atoms. The third-order valence-corrected chi connectivity index (χ3v) is 9.68. The summed E-state index contributed by atoms with van der Waals surface area (Å²) in [7, 11) is 3.04. The van der Waals surface area contributed by atoms with Gasteiger partial charge in [0.15, 0.2) is 0 Å². The van der Waals surface area contributed by atoms with Crippen LogP contribution in [0.2, 0.25) is 0 Å². The van der Waals surface area contributed by atoms with Crippen molar-refractivity contribution in [3.8, 4) is 5.75 Å². The molecule has 7 rings (SSSR count). The SMILES string of the molecule is C.COC(=O)c1ccccc1Cn1ncc2c(CN3C[C@H]4N(C(=O)CN(C)N4C(=O)NCc4ccccc4)[C@@H](Cc4ccc(O)cc4)C3=O)cccc21. The van der Waals surface area contributed by atoms with E-state index in [-0.39, 0.29) is 57.1 Å². The molecular formula is C40H43N7O6. The number of carbonyl (C=O) groups is 4. The van der Waals surface area contributed by atoms with Gasteiger partial charge in [0.2, 0.25) is 11.8 Å². The van der Waals surface area contributed by atoms with Crippen LogP contribution in [0.4, 0.5) is 4.79 Å². The molecule has 2 aliphatic heterocycles. The van der Waals surface area contributed by atoms with E-state index >= 15 is 0 Å². The van der Waals surface area contributed by atoms with Crippen LogP contribution in [-0.2, 0) is 40.4 Å². The molecule has 0 aliphatic carbocycles. The number of carbonyl (C=O) groups excluding carboxylic acids is 4. The third kappa shape index (κ3) is 7.42. The predicted molar refractivity (Wildman–Crippen MR) is 198 cm³/mol.